The van der Waals surface area contributed by atoms with Gasteiger partial charge in [0.05, 0.1) is 10.6 Å². The molecule has 0 radical (unpaired) electrons. The van der Waals surface area contributed by atoms with E-state index in [0.29, 0.717) is 11.3 Å². The number of hydrogen-bond donors (Lipinski definition) is 0. The molecule has 3 rings (SSSR count). The summed E-state index contributed by atoms with van der Waals surface area (Å²) in [6.07, 6.45) is 1.52. The van der Waals surface area contributed by atoms with Gasteiger partial charge in [-0.1, -0.05) is 30.3 Å². The van der Waals surface area contributed by atoms with Gasteiger partial charge in [-0.15, -0.1) is 0 Å². The minimum Gasteiger partial charge on any atom is -0.268 e. The fraction of sp³-hybridized carbons (Fsp3) is 0. The second-order valence-corrected chi connectivity index (χ2v) is 5.40. The van der Waals surface area contributed by atoms with Crippen molar-refractivity contribution in [3.05, 3.63) is 70.9 Å². The van der Waals surface area contributed by atoms with Crippen molar-refractivity contribution in [2.75, 3.05) is 4.90 Å². The van der Waals surface area contributed by atoms with Crippen LogP contribution in [0.4, 0.5) is 14.9 Å². The van der Waals surface area contributed by atoms with Crippen molar-refractivity contribution in [2.24, 2.45) is 0 Å². The van der Waals surface area contributed by atoms with Crippen LogP contribution < -0.4 is 4.90 Å². The highest BCUT2D eigenvalue weighted by Gasteiger charge is 2.36. The molecule has 1 fully saturated rings. The molecule has 104 valence electrons. The standard InChI is InChI=1S/C16H10FNO2S/c17-12-6-4-5-11(9-12)10-14-15(19)18(16(20)21-14)13-7-2-1-3-8-13/h1-10H/b14-10+. The Kier molecular flexibility index (Phi) is 3.58. The Morgan fingerprint density at radius 2 is 1.76 bits per heavy atom. The largest absolute Gasteiger partial charge is 0.298 e. The molecule has 1 aliphatic rings. The summed E-state index contributed by atoms with van der Waals surface area (Å²) in [5.74, 6) is -0.772. The number of amides is 2. The van der Waals surface area contributed by atoms with Gasteiger partial charge in [-0.25, -0.2) is 9.29 Å². The zero-order valence-electron chi connectivity index (χ0n) is 10.8. The highest BCUT2D eigenvalue weighted by molar-refractivity contribution is 8.19. The van der Waals surface area contributed by atoms with Crippen molar-refractivity contribution < 1.29 is 14.0 Å². The van der Waals surface area contributed by atoms with Gasteiger partial charge in [0.25, 0.3) is 11.1 Å². The summed E-state index contributed by atoms with van der Waals surface area (Å²) in [7, 11) is 0. The van der Waals surface area contributed by atoms with E-state index in [-0.39, 0.29) is 21.9 Å². The molecule has 0 aliphatic carbocycles. The van der Waals surface area contributed by atoms with Crippen LogP contribution in [0.5, 0.6) is 0 Å². The second-order valence-electron chi connectivity index (χ2n) is 4.41. The highest BCUT2D eigenvalue weighted by atomic mass is 32.2. The topological polar surface area (TPSA) is 37.4 Å². The monoisotopic (exact) mass is 299 g/mol. The summed E-state index contributed by atoms with van der Waals surface area (Å²) in [6.45, 7) is 0. The molecule has 3 nitrogen and oxygen atoms in total. The van der Waals surface area contributed by atoms with E-state index in [0.717, 1.165) is 16.7 Å². The Labute approximate surface area is 125 Å². The van der Waals surface area contributed by atoms with Gasteiger partial charge in [-0.3, -0.25) is 9.59 Å². The number of carbonyl (C=O) groups is 2. The molecular weight excluding hydrogens is 289 g/mol. The van der Waals surface area contributed by atoms with Crippen LogP contribution in [0, 0.1) is 5.82 Å². The Morgan fingerprint density at radius 3 is 2.48 bits per heavy atom. The molecule has 2 aromatic rings. The van der Waals surface area contributed by atoms with Crippen molar-refractivity contribution in [1.82, 2.24) is 0 Å². The fourth-order valence-electron chi connectivity index (χ4n) is 2.02. The van der Waals surface area contributed by atoms with Crippen LogP contribution in [0.2, 0.25) is 0 Å². The molecule has 0 unspecified atom stereocenters. The van der Waals surface area contributed by atoms with E-state index in [2.05, 4.69) is 0 Å². The van der Waals surface area contributed by atoms with Gasteiger partial charge in [0.1, 0.15) is 5.82 Å². The molecule has 2 aromatic carbocycles. The van der Waals surface area contributed by atoms with Crippen molar-refractivity contribution >= 4 is 34.7 Å². The lowest BCUT2D eigenvalue weighted by Crippen LogP contribution is -2.27. The quantitative estimate of drug-likeness (QED) is 0.785. The minimum absolute atomic E-state index is 0.287. The number of benzene rings is 2. The molecule has 5 heteroatoms. The number of carbonyl (C=O) groups excluding carboxylic acids is 2. The van der Waals surface area contributed by atoms with Crippen LogP contribution in [0.15, 0.2) is 59.5 Å². The third kappa shape index (κ3) is 2.73. The van der Waals surface area contributed by atoms with Crippen LogP contribution in [0.1, 0.15) is 5.56 Å². The number of para-hydroxylation sites is 1. The summed E-state index contributed by atoms with van der Waals surface area (Å²) >= 11 is 0.853. The second kappa shape index (κ2) is 5.54. The molecule has 0 atom stereocenters. The molecular formula is C16H10FNO2S. The van der Waals surface area contributed by atoms with E-state index in [1.165, 1.54) is 18.2 Å². The smallest absolute Gasteiger partial charge is 0.268 e. The zero-order valence-corrected chi connectivity index (χ0v) is 11.6. The van der Waals surface area contributed by atoms with E-state index in [1.54, 1.807) is 36.4 Å². The number of thioether (sulfide) groups is 1. The van der Waals surface area contributed by atoms with Crippen molar-refractivity contribution in [1.29, 1.82) is 0 Å². The SMILES string of the molecule is O=C1S/C(=C/c2cccc(F)c2)C(=O)N1c1ccccc1. The molecule has 1 aliphatic heterocycles. The normalized spacial score (nSPS) is 16.8. The first-order chi connectivity index (χ1) is 10.1. The fourth-order valence-corrected chi connectivity index (χ4v) is 2.86. The first kappa shape index (κ1) is 13.6. The predicted molar refractivity (Wildman–Crippen MR) is 81.3 cm³/mol. The maximum absolute atomic E-state index is 13.2. The van der Waals surface area contributed by atoms with Gasteiger partial charge in [-0.2, -0.15) is 0 Å². The van der Waals surface area contributed by atoms with E-state index in [9.17, 15) is 14.0 Å². The summed E-state index contributed by atoms with van der Waals surface area (Å²) < 4.78 is 13.2. The number of halogens is 1. The molecule has 0 saturated carbocycles. The molecule has 1 heterocycles. The molecule has 0 spiro atoms. The number of rotatable bonds is 2. The number of nitrogens with zero attached hydrogens (tertiary/aromatic N) is 1. The average molecular weight is 299 g/mol. The van der Waals surface area contributed by atoms with Gasteiger partial charge in [-0.05, 0) is 47.7 Å². The maximum Gasteiger partial charge on any atom is 0.298 e. The molecule has 0 aromatic heterocycles. The number of hydrogen-bond acceptors (Lipinski definition) is 3. The van der Waals surface area contributed by atoms with E-state index < -0.39 is 0 Å². The summed E-state index contributed by atoms with van der Waals surface area (Å²) in [6, 6.07) is 14.6. The number of imide groups is 1. The van der Waals surface area contributed by atoms with Gasteiger partial charge in [0.2, 0.25) is 0 Å². The molecule has 1 saturated heterocycles. The first-order valence-corrected chi connectivity index (χ1v) is 7.05. The van der Waals surface area contributed by atoms with Crippen LogP contribution in [-0.2, 0) is 4.79 Å². The van der Waals surface area contributed by atoms with Gasteiger partial charge in [0.15, 0.2) is 0 Å². The van der Waals surface area contributed by atoms with Gasteiger partial charge in [0, 0.05) is 0 Å². The zero-order chi connectivity index (χ0) is 14.8. The summed E-state index contributed by atoms with van der Waals surface area (Å²) in [5.41, 5.74) is 1.08. The van der Waals surface area contributed by atoms with Crippen molar-refractivity contribution in [3.8, 4) is 0 Å². The van der Waals surface area contributed by atoms with Crippen molar-refractivity contribution in [3.63, 3.8) is 0 Å². The van der Waals surface area contributed by atoms with E-state index in [4.69, 9.17) is 0 Å². The van der Waals surface area contributed by atoms with Crippen LogP contribution in [0.3, 0.4) is 0 Å². The summed E-state index contributed by atoms with van der Waals surface area (Å²) in [5, 5.41) is -0.353. The first-order valence-electron chi connectivity index (χ1n) is 6.24. The van der Waals surface area contributed by atoms with Crippen LogP contribution in [-0.4, -0.2) is 11.1 Å². The Bertz CT molecular complexity index is 743. The third-order valence-electron chi connectivity index (χ3n) is 2.95. The number of anilines is 1. The summed E-state index contributed by atoms with van der Waals surface area (Å²) in [4.78, 5) is 25.7. The van der Waals surface area contributed by atoms with E-state index >= 15 is 0 Å². The minimum atomic E-state index is -0.388. The van der Waals surface area contributed by atoms with E-state index in [1.807, 2.05) is 6.07 Å². The molecule has 2 amide bonds. The Hall–Kier alpha value is -2.40. The van der Waals surface area contributed by atoms with Crippen LogP contribution in [0.25, 0.3) is 6.08 Å². The molecule has 0 N–H and O–H groups in total. The van der Waals surface area contributed by atoms with Crippen LogP contribution >= 0.6 is 11.8 Å². The lowest BCUT2D eigenvalue weighted by molar-refractivity contribution is -0.113. The lowest BCUT2D eigenvalue weighted by Gasteiger charge is -2.11. The highest BCUT2D eigenvalue weighted by Crippen LogP contribution is 2.35. The molecule has 0 bridgehead atoms. The Balaban J connectivity index is 1.94. The predicted octanol–water partition coefficient (Wildman–Crippen LogP) is 4.07. The lowest BCUT2D eigenvalue weighted by atomic mass is 10.2. The third-order valence-corrected chi connectivity index (χ3v) is 3.82. The van der Waals surface area contributed by atoms with Crippen molar-refractivity contribution in [2.45, 2.75) is 0 Å². The Morgan fingerprint density at radius 1 is 1.00 bits per heavy atom. The van der Waals surface area contributed by atoms with Gasteiger partial charge < -0.3 is 0 Å². The average Bonchev–Trinajstić information content (AvgIpc) is 2.74. The molecule has 21 heavy (non-hydrogen) atoms. The van der Waals surface area contributed by atoms with Gasteiger partial charge >= 0.3 is 0 Å². The maximum atomic E-state index is 13.2.